The van der Waals surface area contributed by atoms with Gasteiger partial charge in [0, 0.05) is 16.8 Å². The second-order valence-corrected chi connectivity index (χ2v) is 3.77. The molecular formula is C13H9ClN2. The summed E-state index contributed by atoms with van der Waals surface area (Å²) in [6.45, 7) is 0. The summed E-state index contributed by atoms with van der Waals surface area (Å²) in [5.41, 5.74) is 2.65. The van der Waals surface area contributed by atoms with Gasteiger partial charge < -0.3 is 0 Å². The molecule has 1 heterocycles. The summed E-state index contributed by atoms with van der Waals surface area (Å²) >= 11 is 6.08. The first-order chi connectivity index (χ1) is 7.81. The number of rotatable bonds is 2. The SMILES string of the molecule is N#CCc1ccnc(-c2ccccc2Cl)c1. The van der Waals surface area contributed by atoms with Gasteiger partial charge in [0.15, 0.2) is 0 Å². The van der Waals surface area contributed by atoms with E-state index in [2.05, 4.69) is 11.1 Å². The highest BCUT2D eigenvalue weighted by Gasteiger charge is 2.04. The Labute approximate surface area is 99.1 Å². The summed E-state index contributed by atoms with van der Waals surface area (Å²) < 4.78 is 0. The van der Waals surface area contributed by atoms with Gasteiger partial charge in [-0.25, -0.2) is 0 Å². The maximum atomic E-state index is 8.64. The van der Waals surface area contributed by atoms with Crippen LogP contribution in [0, 0.1) is 11.3 Å². The van der Waals surface area contributed by atoms with E-state index in [1.807, 2.05) is 36.4 Å². The zero-order chi connectivity index (χ0) is 11.4. The number of pyridine rings is 1. The van der Waals surface area contributed by atoms with Crippen molar-refractivity contribution >= 4 is 11.6 Å². The van der Waals surface area contributed by atoms with Gasteiger partial charge in [0.25, 0.3) is 0 Å². The molecule has 3 heteroatoms. The summed E-state index contributed by atoms with van der Waals surface area (Å²) in [5, 5.41) is 9.31. The molecular weight excluding hydrogens is 220 g/mol. The third-order valence-corrected chi connectivity index (χ3v) is 2.59. The summed E-state index contributed by atoms with van der Waals surface area (Å²) in [6.07, 6.45) is 2.09. The fraction of sp³-hybridized carbons (Fsp3) is 0.0769. The Morgan fingerprint density at radius 1 is 1.25 bits per heavy atom. The van der Waals surface area contributed by atoms with Gasteiger partial charge in [0.2, 0.25) is 0 Å². The summed E-state index contributed by atoms with van der Waals surface area (Å²) in [5.74, 6) is 0. The lowest BCUT2D eigenvalue weighted by Gasteiger charge is -2.04. The van der Waals surface area contributed by atoms with Crippen LogP contribution in [0.25, 0.3) is 11.3 Å². The maximum Gasteiger partial charge on any atom is 0.0720 e. The average molecular weight is 229 g/mol. The van der Waals surface area contributed by atoms with Gasteiger partial charge in [-0.3, -0.25) is 4.98 Å². The average Bonchev–Trinajstić information content (AvgIpc) is 2.30. The number of hydrogen-bond donors (Lipinski definition) is 0. The molecule has 0 aliphatic heterocycles. The Kier molecular flexibility index (Phi) is 3.19. The van der Waals surface area contributed by atoms with Gasteiger partial charge >= 0.3 is 0 Å². The highest BCUT2D eigenvalue weighted by atomic mass is 35.5. The Balaban J connectivity index is 2.45. The predicted molar refractivity (Wildman–Crippen MR) is 64.0 cm³/mol. The second kappa shape index (κ2) is 4.78. The van der Waals surface area contributed by atoms with Gasteiger partial charge in [-0.15, -0.1) is 0 Å². The third kappa shape index (κ3) is 2.21. The van der Waals surface area contributed by atoms with Crippen LogP contribution in [0.4, 0.5) is 0 Å². The van der Waals surface area contributed by atoms with Crippen LogP contribution in [0.2, 0.25) is 5.02 Å². The lowest BCUT2D eigenvalue weighted by atomic mass is 10.1. The molecule has 0 unspecified atom stereocenters. The van der Waals surface area contributed by atoms with Crippen molar-refractivity contribution in [3.8, 4) is 17.3 Å². The molecule has 0 radical (unpaired) electrons. The van der Waals surface area contributed by atoms with E-state index in [0.29, 0.717) is 11.4 Å². The van der Waals surface area contributed by atoms with E-state index in [-0.39, 0.29) is 0 Å². The number of nitrogens with zero attached hydrogens (tertiary/aromatic N) is 2. The van der Waals surface area contributed by atoms with Crippen molar-refractivity contribution in [1.29, 1.82) is 5.26 Å². The van der Waals surface area contributed by atoms with E-state index >= 15 is 0 Å². The molecule has 0 fully saturated rings. The lowest BCUT2D eigenvalue weighted by molar-refractivity contribution is 1.21. The van der Waals surface area contributed by atoms with E-state index in [1.165, 1.54) is 0 Å². The van der Waals surface area contributed by atoms with Crippen LogP contribution in [0.1, 0.15) is 5.56 Å². The Morgan fingerprint density at radius 2 is 2.06 bits per heavy atom. The molecule has 2 aromatic rings. The van der Waals surface area contributed by atoms with Crippen molar-refractivity contribution in [3.05, 3.63) is 53.2 Å². The number of nitriles is 1. The van der Waals surface area contributed by atoms with Gasteiger partial charge in [0.05, 0.1) is 18.2 Å². The van der Waals surface area contributed by atoms with E-state index in [9.17, 15) is 0 Å². The third-order valence-electron chi connectivity index (χ3n) is 2.26. The van der Waals surface area contributed by atoms with Gasteiger partial charge in [0.1, 0.15) is 0 Å². The monoisotopic (exact) mass is 228 g/mol. The first kappa shape index (κ1) is 10.7. The molecule has 0 aliphatic rings. The predicted octanol–water partition coefficient (Wildman–Crippen LogP) is 3.47. The van der Waals surface area contributed by atoms with Crippen LogP contribution in [0.15, 0.2) is 42.6 Å². The molecule has 2 nitrogen and oxygen atoms in total. The molecule has 0 spiro atoms. The molecule has 0 saturated heterocycles. The van der Waals surface area contributed by atoms with Crippen LogP contribution in [0.3, 0.4) is 0 Å². The number of halogens is 1. The Bertz CT molecular complexity index is 544. The van der Waals surface area contributed by atoms with Crippen molar-refractivity contribution in [2.45, 2.75) is 6.42 Å². The molecule has 0 saturated carbocycles. The highest BCUT2D eigenvalue weighted by molar-refractivity contribution is 6.33. The van der Waals surface area contributed by atoms with Crippen molar-refractivity contribution in [3.63, 3.8) is 0 Å². The molecule has 0 N–H and O–H groups in total. The molecule has 16 heavy (non-hydrogen) atoms. The topological polar surface area (TPSA) is 36.7 Å². The number of benzene rings is 1. The molecule has 78 valence electrons. The first-order valence-electron chi connectivity index (χ1n) is 4.88. The van der Waals surface area contributed by atoms with Crippen molar-refractivity contribution in [1.82, 2.24) is 4.98 Å². The maximum absolute atomic E-state index is 8.64. The van der Waals surface area contributed by atoms with Crippen molar-refractivity contribution in [2.24, 2.45) is 0 Å². The molecule has 0 atom stereocenters. The molecule has 0 aliphatic carbocycles. The van der Waals surface area contributed by atoms with Crippen molar-refractivity contribution < 1.29 is 0 Å². The summed E-state index contributed by atoms with van der Waals surface area (Å²) in [7, 11) is 0. The van der Waals surface area contributed by atoms with Gasteiger partial charge in [-0.05, 0) is 23.8 Å². The van der Waals surface area contributed by atoms with Crippen LogP contribution in [0.5, 0.6) is 0 Å². The molecule has 2 rings (SSSR count). The molecule has 0 amide bonds. The largest absolute Gasteiger partial charge is 0.256 e. The second-order valence-electron chi connectivity index (χ2n) is 3.36. The zero-order valence-electron chi connectivity index (χ0n) is 8.52. The van der Waals surface area contributed by atoms with Crippen LogP contribution < -0.4 is 0 Å². The van der Waals surface area contributed by atoms with E-state index in [4.69, 9.17) is 16.9 Å². The first-order valence-corrected chi connectivity index (χ1v) is 5.26. The quantitative estimate of drug-likeness (QED) is 0.789. The Hall–Kier alpha value is -1.85. The normalized spacial score (nSPS) is 9.75. The minimum absolute atomic E-state index is 0.389. The van der Waals surface area contributed by atoms with Crippen molar-refractivity contribution in [2.75, 3.05) is 0 Å². The fourth-order valence-electron chi connectivity index (χ4n) is 1.49. The number of hydrogen-bond acceptors (Lipinski definition) is 2. The summed E-state index contributed by atoms with van der Waals surface area (Å²) in [4.78, 5) is 4.26. The molecule has 1 aromatic heterocycles. The van der Waals surface area contributed by atoms with E-state index < -0.39 is 0 Å². The van der Waals surface area contributed by atoms with E-state index in [1.54, 1.807) is 6.20 Å². The summed E-state index contributed by atoms with van der Waals surface area (Å²) in [6, 6.07) is 13.4. The zero-order valence-corrected chi connectivity index (χ0v) is 9.28. The van der Waals surface area contributed by atoms with Crippen LogP contribution in [-0.4, -0.2) is 4.98 Å². The lowest BCUT2D eigenvalue weighted by Crippen LogP contribution is -1.88. The highest BCUT2D eigenvalue weighted by Crippen LogP contribution is 2.26. The van der Waals surface area contributed by atoms with Crippen LogP contribution in [-0.2, 0) is 6.42 Å². The molecule has 1 aromatic carbocycles. The minimum atomic E-state index is 0.389. The standard InChI is InChI=1S/C13H9ClN2/c14-12-4-2-1-3-11(12)13-9-10(5-7-15)6-8-16-13/h1-4,6,8-9H,5H2. The number of aromatic nitrogens is 1. The smallest absolute Gasteiger partial charge is 0.0720 e. The fourth-order valence-corrected chi connectivity index (χ4v) is 1.72. The Morgan fingerprint density at radius 3 is 2.81 bits per heavy atom. The van der Waals surface area contributed by atoms with E-state index in [0.717, 1.165) is 16.8 Å². The van der Waals surface area contributed by atoms with Crippen LogP contribution >= 0.6 is 11.6 Å². The van der Waals surface area contributed by atoms with Gasteiger partial charge in [-0.2, -0.15) is 5.26 Å². The minimum Gasteiger partial charge on any atom is -0.256 e. The van der Waals surface area contributed by atoms with Gasteiger partial charge in [-0.1, -0.05) is 29.8 Å². The molecule has 0 bridgehead atoms.